The molecule has 1 aromatic heterocycles. The minimum Gasteiger partial charge on any atom is -0.496 e. The summed E-state index contributed by atoms with van der Waals surface area (Å²) in [7, 11) is 3.49. The molecule has 0 aromatic carbocycles. The van der Waals surface area contributed by atoms with Crippen molar-refractivity contribution < 1.29 is 14.3 Å². The standard InChI is InChI=1S/C20H26N3O3S/c1-6-26-13-27-16-12-21-19-22(16)18-15(3)17(24-4)14(2)11-20(18)9-7-8-10-23(19,20)25-5/h7-10,12H,6,11,13H2,1-5H3/q+1. The Morgan fingerprint density at radius 1 is 1.30 bits per heavy atom. The zero-order chi connectivity index (χ0) is 19.2. The van der Waals surface area contributed by atoms with Crippen LogP contribution < -0.4 is 4.65 Å². The molecule has 2 aliphatic heterocycles. The highest BCUT2D eigenvalue weighted by molar-refractivity contribution is 7.99. The lowest BCUT2D eigenvalue weighted by Gasteiger charge is -2.42. The van der Waals surface area contributed by atoms with E-state index in [9.17, 15) is 0 Å². The maximum Gasteiger partial charge on any atom is 0.354 e. The highest BCUT2D eigenvalue weighted by Crippen LogP contribution is 2.58. The SMILES string of the molecule is CCOCSc1cnc2n1C1=C(C)C(OC)=C(C)CC13C=CC=C[N+]23OC. The minimum atomic E-state index is -0.385. The van der Waals surface area contributed by atoms with Gasteiger partial charge in [0, 0.05) is 18.6 Å². The maximum absolute atomic E-state index is 6.17. The van der Waals surface area contributed by atoms with Crippen LogP contribution in [0.4, 0.5) is 5.95 Å². The van der Waals surface area contributed by atoms with Crippen LogP contribution >= 0.6 is 11.8 Å². The molecule has 0 saturated carbocycles. The molecule has 0 radical (unpaired) electrons. The lowest BCUT2D eigenvalue weighted by atomic mass is 9.78. The van der Waals surface area contributed by atoms with Crippen molar-refractivity contribution in [1.29, 1.82) is 0 Å². The van der Waals surface area contributed by atoms with Crippen molar-refractivity contribution >= 4 is 23.4 Å². The zero-order valence-corrected chi connectivity index (χ0v) is 17.3. The summed E-state index contributed by atoms with van der Waals surface area (Å²) in [5.41, 5.74) is 3.12. The van der Waals surface area contributed by atoms with E-state index in [-0.39, 0.29) is 10.2 Å². The lowest BCUT2D eigenvalue weighted by molar-refractivity contribution is -0.118. The average molecular weight is 389 g/mol. The number of aromatic nitrogens is 2. The summed E-state index contributed by atoms with van der Waals surface area (Å²) in [6.45, 7) is 6.96. The number of imidazole rings is 1. The van der Waals surface area contributed by atoms with Crippen LogP contribution in [0.3, 0.4) is 0 Å². The molecule has 2 atom stereocenters. The fourth-order valence-electron chi connectivity index (χ4n) is 4.66. The van der Waals surface area contributed by atoms with Crippen LogP contribution in [0.2, 0.25) is 0 Å². The normalized spacial score (nSPS) is 28.5. The quantitative estimate of drug-likeness (QED) is 0.316. The van der Waals surface area contributed by atoms with Gasteiger partial charge in [0.15, 0.2) is 0 Å². The third kappa shape index (κ3) is 2.29. The molecule has 4 rings (SSSR count). The largest absolute Gasteiger partial charge is 0.496 e. The Kier molecular flexibility index (Phi) is 4.58. The highest BCUT2D eigenvalue weighted by atomic mass is 32.2. The van der Waals surface area contributed by atoms with E-state index in [2.05, 4.69) is 36.8 Å². The van der Waals surface area contributed by atoms with E-state index < -0.39 is 0 Å². The zero-order valence-electron chi connectivity index (χ0n) is 16.5. The summed E-state index contributed by atoms with van der Waals surface area (Å²) < 4.78 is 13.8. The van der Waals surface area contributed by atoms with Gasteiger partial charge in [-0.25, -0.2) is 4.57 Å². The molecule has 1 aromatic rings. The number of quaternary nitrogens is 1. The Labute approximate surface area is 164 Å². The van der Waals surface area contributed by atoms with Gasteiger partial charge in [-0.1, -0.05) is 22.5 Å². The smallest absolute Gasteiger partial charge is 0.354 e. The molecule has 0 bridgehead atoms. The van der Waals surface area contributed by atoms with Gasteiger partial charge in [-0.3, -0.25) is 0 Å². The number of rotatable bonds is 6. The van der Waals surface area contributed by atoms with E-state index in [1.807, 2.05) is 19.2 Å². The van der Waals surface area contributed by atoms with Crippen LogP contribution in [0.15, 0.2) is 52.6 Å². The third-order valence-corrected chi connectivity index (χ3v) is 6.49. The Balaban J connectivity index is 1.98. The molecule has 2 unspecified atom stereocenters. The molecule has 0 amide bonds. The number of fused-ring (bicyclic) bond motifs is 3. The molecule has 7 heteroatoms. The number of allylic oxidation sites excluding steroid dienone is 3. The molecule has 1 spiro atoms. The number of nitrogens with zero attached hydrogens (tertiary/aromatic N) is 3. The second-order valence-corrected chi connectivity index (χ2v) is 7.86. The van der Waals surface area contributed by atoms with Crippen LogP contribution in [-0.4, -0.2) is 41.9 Å². The number of hydrogen-bond donors (Lipinski definition) is 0. The number of methoxy groups -OCH3 is 1. The van der Waals surface area contributed by atoms with Crippen molar-refractivity contribution in [2.75, 3.05) is 26.8 Å². The van der Waals surface area contributed by atoms with Gasteiger partial charge >= 0.3 is 5.95 Å². The molecule has 3 aliphatic rings. The molecular weight excluding hydrogens is 362 g/mol. The second-order valence-electron chi connectivity index (χ2n) is 6.92. The van der Waals surface area contributed by atoms with Crippen molar-refractivity contribution in [2.45, 2.75) is 37.8 Å². The molecule has 6 nitrogen and oxygen atoms in total. The Morgan fingerprint density at radius 2 is 2.11 bits per heavy atom. The van der Waals surface area contributed by atoms with Gasteiger partial charge in [0.1, 0.15) is 22.7 Å². The summed E-state index contributed by atoms with van der Waals surface area (Å²) in [5, 5.41) is 1.05. The van der Waals surface area contributed by atoms with Gasteiger partial charge in [-0.2, -0.15) is 9.82 Å². The number of thioether (sulfide) groups is 1. The van der Waals surface area contributed by atoms with Crippen molar-refractivity contribution in [3.8, 4) is 0 Å². The van der Waals surface area contributed by atoms with Crippen molar-refractivity contribution in [1.82, 2.24) is 14.2 Å². The van der Waals surface area contributed by atoms with E-state index in [1.54, 1.807) is 26.0 Å². The molecular formula is C20H26N3O3S+. The van der Waals surface area contributed by atoms with Crippen molar-refractivity contribution in [3.63, 3.8) is 0 Å². The lowest BCUT2D eigenvalue weighted by Crippen LogP contribution is -2.60. The number of hydrogen-bond acceptors (Lipinski definition) is 5. The van der Waals surface area contributed by atoms with Crippen LogP contribution in [-0.2, 0) is 14.3 Å². The van der Waals surface area contributed by atoms with Gasteiger partial charge in [-0.05, 0) is 38.5 Å². The summed E-state index contributed by atoms with van der Waals surface area (Å²) in [4.78, 5) is 11.0. The van der Waals surface area contributed by atoms with Crippen LogP contribution in [0.25, 0.3) is 5.70 Å². The first-order valence-corrected chi connectivity index (χ1v) is 10.1. The van der Waals surface area contributed by atoms with E-state index in [1.165, 1.54) is 11.3 Å². The fraction of sp³-hybridized carbons (Fsp3) is 0.450. The molecule has 0 fully saturated rings. The monoisotopic (exact) mass is 388 g/mol. The Morgan fingerprint density at radius 3 is 2.81 bits per heavy atom. The van der Waals surface area contributed by atoms with E-state index >= 15 is 0 Å². The summed E-state index contributed by atoms with van der Waals surface area (Å²) in [6, 6.07) is 0. The Bertz CT molecular complexity index is 898. The second kappa shape index (κ2) is 6.67. The van der Waals surface area contributed by atoms with Gasteiger partial charge in [0.05, 0.1) is 26.4 Å². The number of hydroxylamine groups is 2. The predicted octanol–water partition coefficient (Wildman–Crippen LogP) is 4.23. The summed E-state index contributed by atoms with van der Waals surface area (Å²) in [6.07, 6.45) is 11.2. The average Bonchev–Trinajstić information content (AvgIpc) is 3.17. The van der Waals surface area contributed by atoms with Crippen molar-refractivity contribution in [3.05, 3.63) is 47.5 Å². The first kappa shape index (κ1) is 18.6. The summed E-state index contributed by atoms with van der Waals surface area (Å²) >= 11 is 1.65. The van der Waals surface area contributed by atoms with E-state index in [0.29, 0.717) is 12.5 Å². The van der Waals surface area contributed by atoms with E-state index in [4.69, 9.17) is 19.3 Å². The van der Waals surface area contributed by atoms with Gasteiger partial charge in [-0.15, -0.1) is 0 Å². The molecule has 3 heterocycles. The van der Waals surface area contributed by atoms with Gasteiger partial charge in [0.2, 0.25) is 5.54 Å². The highest BCUT2D eigenvalue weighted by Gasteiger charge is 2.67. The van der Waals surface area contributed by atoms with Crippen LogP contribution in [0.5, 0.6) is 0 Å². The number of ether oxygens (including phenoxy) is 2. The minimum absolute atomic E-state index is 0.222. The van der Waals surface area contributed by atoms with Gasteiger partial charge in [0.25, 0.3) is 0 Å². The maximum atomic E-state index is 6.17. The predicted molar refractivity (Wildman–Crippen MR) is 108 cm³/mol. The van der Waals surface area contributed by atoms with Crippen LogP contribution in [0.1, 0.15) is 27.2 Å². The fourth-order valence-corrected chi connectivity index (χ4v) is 5.46. The molecule has 0 saturated heterocycles. The summed E-state index contributed by atoms with van der Waals surface area (Å²) in [5.74, 6) is 2.40. The Hall–Kier alpha value is -1.80. The van der Waals surface area contributed by atoms with Gasteiger partial charge < -0.3 is 9.47 Å². The molecule has 0 N–H and O–H groups in total. The molecule has 1 aliphatic carbocycles. The van der Waals surface area contributed by atoms with Crippen molar-refractivity contribution in [2.24, 2.45) is 0 Å². The first-order chi connectivity index (χ1) is 13.1. The third-order valence-electron chi connectivity index (χ3n) is 5.62. The topological polar surface area (TPSA) is 45.5 Å². The molecule has 144 valence electrons. The molecule has 27 heavy (non-hydrogen) atoms. The van der Waals surface area contributed by atoms with E-state index in [0.717, 1.165) is 28.7 Å². The first-order valence-electron chi connectivity index (χ1n) is 9.12. The van der Waals surface area contributed by atoms with Crippen LogP contribution in [0, 0.1) is 0 Å².